The number of esters is 2. The van der Waals surface area contributed by atoms with E-state index in [1.54, 1.807) is 13.8 Å². The molecule has 0 saturated heterocycles. The van der Waals surface area contributed by atoms with Gasteiger partial charge in [-0.3, -0.25) is 9.89 Å². The van der Waals surface area contributed by atoms with Gasteiger partial charge in [-0.05, 0) is 32.0 Å². The van der Waals surface area contributed by atoms with E-state index >= 15 is 0 Å². The molecule has 0 aliphatic heterocycles. The number of halogens is 6. The summed E-state index contributed by atoms with van der Waals surface area (Å²) in [6, 6.07) is 1.98. The standard InChI is InChI=1S/C14H23F3N2O3Si.C8H9F3N2O3/c1-7-21-12(20)10-8-11(19(18-10)9-14(15,16)17)22-23(5,6)13(2,3)4;1-2-16-7(15)5-3-6(14)13(12-5)4-8(9,10)11/h8H,7,9H2,1-6H3;3,12H,2,4H2,1H3. The van der Waals surface area contributed by atoms with Crippen LogP contribution >= 0.6 is 0 Å². The monoisotopic (exact) mass is 590 g/mol. The lowest BCUT2D eigenvalue weighted by molar-refractivity contribution is -0.144. The summed E-state index contributed by atoms with van der Waals surface area (Å²) in [6.45, 7) is 10.3. The molecule has 0 bridgehead atoms. The van der Waals surface area contributed by atoms with Crippen LogP contribution in [0.3, 0.4) is 0 Å². The molecule has 0 fully saturated rings. The van der Waals surface area contributed by atoms with Crippen molar-refractivity contribution in [2.24, 2.45) is 0 Å². The predicted octanol–water partition coefficient (Wildman–Crippen LogP) is 4.92. The van der Waals surface area contributed by atoms with Crippen molar-refractivity contribution in [3.8, 4) is 5.88 Å². The normalized spacial score (nSPS) is 12.4. The Morgan fingerprint density at radius 3 is 1.90 bits per heavy atom. The van der Waals surface area contributed by atoms with Gasteiger partial charge in [0.25, 0.3) is 13.9 Å². The Kier molecular flexibility index (Phi) is 11.0. The van der Waals surface area contributed by atoms with Crippen LogP contribution in [0.2, 0.25) is 18.1 Å². The van der Waals surface area contributed by atoms with Crippen LogP contribution in [0.25, 0.3) is 0 Å². The minimum atomic E-state index is -4.53. The molecule has 0 saturated carbocycles. The summed E-state index contributed by atoms with van der Waals surface area (Å²) in [6.07, 6.45) is -9.00. The van der Waals surface area contributed by atoms with Gasteiger partial charge >= 0.3 is 24.3 Å². The molecule has 0 unspecified atom stereocenters. The Morgan fingerprint density at radius 2 is 1.44 bits per heavy atom. The number of ether oxygens (including phenoxy) is 2. The van der Waals surface area contributed by atoms with Gasteiger partial charge in [-0.1, -0.05) is 20.8 Å². The maximum atomic E-state index is 12.7. The zero-order valence-corrected chi connectivity index (χ0v) is 23.5. The van der Waals surface area contributed by atoms with Crippen LogP contribution in [-0.4, -0.2) is 65.4 Å². The number of aromatic amines is 1. The van der Waals surface area contributed by atoms with Crippen molar-refractivity contribution in [1.29, 1.82) is 0 Å². The summed E-state index contributed by atoms with van der Waals surface area (Å²) in [4.78, 5) is 33.9. The maximum Gasteiger partial charge on any atom is 0.408 e. The first-order chi connectivity index (χ1) is 17.6. The minimum Gasteiger partial charge on any atom is -0.531 e. The number of hydrogen-bond acceptors (Lipinski definition) is 7. The van der Waals surface area contributed by atoms with Gasteiger partial charge in [0.2, 0.25) is 0 Å². The van der Waals surface area contributed by atoms with Gasteiger partial charge in [0.05, 0.1) is 13.2 Å². The predicted molar refractivity (Wildman–Crippen MR) is 129 cm³/mol. The molecular formula is C22H32F6N4O6Si. The number of carbonyl (C=O) groups excluding carboxylic acids is 2. The van der Waals surface area contributed by atoms with Crippen molar-refractivity contribution in [2.75, 3.05) is 13.2 Å². The fourth-order valence-electron chi connectivity index (χ4n) is 2.53. The van der Waals surface area contributed by atoms with Gasteiger partial charge in [0, 0.05) is 12.1 Å². The van der Waals surface area contributed by atoms with Crippen LogP contribution in [0.4, 0.5) is 26.3 Å². The first kappa shape index (κ1) is 33.8. The Bertz CT molecular complexity index is 1180. The van der Waals surface area contributed by atoms with E-state index in [4.69, 9.17) is 9.16 Å². The van der Waals surface area contributed by atoms with E-state index in [9.17, 15) is 40.7 Å². The zero-order chi connectivity index (χ0) is 30.4. The fourth-order valence-corrected chi connectivity index (χ4v) is 3.52. The van der Waals surface area contributed by atoms with E-state index in [0.717, 1.165) is 6.07 Å². The maximum absolute atomic E-state index is 12.7. The molecule has 2 heterocycles. The molecule has 39 heavy (non-hydrogen) atoms. The summed E-state index contributed by atoms with van der Waals surface area (Å²) in [7, 11) is -2.37. The van der Waals surface area contributed by atoms with E-state index in [2.05, 4.69) is 9.84 Å². The lowest BCUT2D eigenvalue weighted by atomic mass is 10.2. The molecular weight excluding hydrogens is 558 g/mol. The number of carbonyl (C=O) groups is 2. The number of nitrogens with one attached hydrogen (secondary N) is 1. The zero-order valence-electron chi connectivity index (χ0n) is 22.5. The first-order valence-corrected chi connectivity index (χ1v) is 14.6. The molecule has 0 amide bonds. The lowest BCUT2D eigenvalue weighted by Gasteiger charge is -2.36. The van der Waals surface area contributed by atoms with Crippen LogP contribution in [0.1, 0.15) is 55.6 Å². The number of nitrogens with zero attached hydrogens (tertiary/aromatic N) is 3. The summed E-state index contributed by atoms with van der Waals surface area (Å²) >= 11 is 0. The van der Waals surface area contributed by atoms with E-state index in [0.29, 0.717) is 9.36 Å². The minimum absolute atomic E-state index is 0.0584. The molecule has 10 nitrogen and oxygen atoms in total. The van der Waals surface area contributed by atoms with Crippen molar-refractivity contribution in [2.45, 2.75) is 78.2 Å². The van der Waals surface area contributed by atoms with Gasteiger partial charge in [-0.25, -0.2) is 19.0 Å². The second-order valence-corrected chi connectivity index (χ2v) is 14.4. The quantitative estimate of drug-likeness (QED) is 0.263. The summed E-state index contributed by atoms with van der Waals surface area (Å²) in [5, 5.41) is 5.53. The lowest BCUT2D eigenvalue weighted by Crippen LogP contribution is -2.44. The highest BCUT2D eigenvalue weighted by Crippen LogP contribution is 2.38. The van der Waals surface area contributed by atoms with Crippen LogP contribution < -0.4 is 9.99 Å². The average molecular weight is 591 g/mol. The van der Waals surface area contributed by atoms with Gasteiger partial charge in [-0.2, -0.15) is 31.4 Å². The fraction of sp³-hybridized carbons (Fsp3) is 0.636. The average Bonchev–Trinajstić information content (AvgIpc) is 3.28. The molecule has 0 aromatic carbocycles. The van der Waals surface area contributed by atoms with Crippen LogP contribution in [0.15, 0.2) is 16.9 Å². The van der Waals surface area contributed by atoms with Crippen molar-refractivity contribution in [1.82, 2.24) is 19.6 Å². The van der Waals surface area contributed by atoms with E-state index < -0.39 is 51.3 Å². The highest BCUT2D eigenvalue weighted by Gasteiger charge is 2.41. The number of rotatable bonds is 8. The highest BCUT2D eigenvalue weighted by molar-refractivity contribution is 6.74. The SMILES string of the molecule is CCOC(=O)c1cc(=O)n(CC(F)(F)F)[nH]1.CCOC(=O)c1cc(O[Si](C)(C)C(C)(C)C)n(CC(F)(F)F)n1. The number of hydrogen-bond donors (Lipinski definition) is 1. The Morgan fingerprint density at radius 1 is 0.923 bits per heavy atom. The molecule has 0 aliphatic rings. The van der Waals surface area contributed by atoms with E-state index in [-0.39, 0.29) is 35.5 Å². The third-order valence-corrected chi connectivity index (χ3v) is 9.68. The summed E-state index contributed by atoms with van der Waals surface area (Å²) in [5.74, 6) is -1.69. The largest absolute Gasteiger partial charge is 0.531 e. The molecule has 0 atom stereocenters. The molecule has 2 rings (SSSR count). The molecule has 2 aromatic heterocycles. The topological polar surface area (TPSA) is 117 Å². The number of alkyl halides is 6. The molecule has 0 radical (unpaired) electrons. The second kappa shape index (κ2) is 12.7. The Labute approximate surface area is 221 Å². The smallest absolute Gasteiger partial charge is 0.408 e. The van der Waals surface area contributed by atoms with E-state index in [1.807, 2.05) is 39.0 Å². The van der Waals surface area contributed by atoms with Gasteiger partial charge in [-0.15, -0.1) is 0 Å². The van der Waals surface area contributed by atoms with Crippen LogP contribution in [0, 0.1) is 0 Å². The van der Waals surface area contributed by atoms with Gasteiger partial charge in [0.1, 0.15) is 18.8 Å². The second-order valence-electron chi connectivity index (χ2n) is 9.65. The van der Waals surface area contributed by atoms with Crippen molar-refractivity contribution in [3.63, 3.8) is 0 Å². The molecule has 222 valence electrons. The Balaban J connectivity index is 0.000000416. The van der Waals surface area contributed by atoms with Crippen molar-refractivity contribution >= 4 is 20.3 Å². The number of H-pyrrole nitrogens is 1. The summed E-state index contributed by atoms with van der Waals surface area (Å²) in [5.41, 5.74) is -1.42. The highest BCUT2D eigenvalue weighted by atomic mass is 28.4. The molecule has 0 spiro atoms. The van der Waals surface area contributed by atoms with Gasteiger partial charge < -0.3 is 13.9 Å². The van der Waals surface area contributed by atoms with Crippen LogP contribution in [-0.2, 0) is 22.6 Å². The molecule has 1 N–H and O–H groups in total. The summed E-state index contributed by atoms with van der Waals surface area (Å²) < 4.78 is 90.3. The van der Waals surface area contributed by atoms with Crippen molar-refractivity contribution in [3.05, 3.63) is 33.9 Å². The molecule has 0 aliphatic carbocycles. The number of aromatic nitrogens is 4. The van der Waals surface area contributed by atoms with E-state index in [1.165, 1.54) is 6.07 Å². The third kappa shape index (κ3) is 10.8. The molecule has 17 heteroatoms. The van der Waals surface area contributed by atoms with Crippen molar-refractivity contribution < 1.29 is 49.8 Å². The van der Waals surface area contributed by atoms with Gasteiger partial charge in [0.15, 0.2) is 11.6 Å². The van der Waals surface area contributed by atoms with Crippen LogP contribution in [0.5, 0.6) is 5.88 Å². The molecule has 2 aromatic rings. The third-order valence-electron chi connectivity index (χ3n) is 5.34. The Hall–Kier alpha value is -3.24. The first-order valence-electron chi connectivity index (χ1n) is 11.6.